The molecule has 2 aromatic rings. The van der Waals surface area contributed by atoms with Gasteiger partial charge in [0.15, 0.2) is 5.96 Å². The maximum atomic E-state index is 5.41. The van der Waals surface area contributed by atoms with E-state index in [1.807, 2.05) is 32.0 Å². The number of hydrogen-bond acceptors (Lipinski definition) is 4. The van der Waals surface area contributed by atoms with E-state index in [9.17, 15) is 0 Å². The lowest BCUT2D eigenvalue weighted by Crippen LogP contribution is -2.40. The number of ether oxygens (including phenoxy) is 1. The van der Waals surface area contributed by atoms with Gasteiger partial charge in [0.2, 0.25) is 0 Å². The summed E-state index contributed by atoms with van der Waals surface area (Å²) in [6.07, 6.45) is 0.863. The van der Waals surface area contributed by atoms with Gasteiger partial charge in [-0.2, -0.15) is 0 Å². The minimum absolute atomic E-state index is 0. The van der Waals surface area contributed by atoms with Gasteiger partial charge in [-0.3, -0.25) is 4.99 Å². The fourth-order valence-corrected chi connectivity index (χ4v) is 2.98. The summed E-state index contributed by atoms with van der Waals surface area (Å²) in [5.41, 5.74) is 2.01. The maximum Gasteiger partial charge on any atom is 0.191 e. The maximum absolute atomic E-state index is 5.41. The third-order valence-electron chi connectivity index (χ3n) is 3.76. The Morgan fingerprint density at radius 2 is 1.96 bits per heavy atom. The number of thiazole rings is 1. The Hall–Kier alpha value is -1.19. The molecule has 1 heterocycles. The number of methoxy groups -OCH3 is 1. The highest BCUT2D eigenvalue weighted by Gasteiger charge is 2.15. The molecule has 0 bridgehead atoms. The highest BCUT2D eigenvalue weighted by molar-refractivity contribution is 14.0. The second-order valence-corrected chi connectivity index (χ2v) is 7.20. The lowest BCUT2D eigenvalue weighted by Gasteiger charge is -2.21. The number of halogens is 1. The van der Waals surface area contributed by atoms with Crippen LogP contribution in [0.5, 0.6) is 0 Å². The molecule has 2 rings (SSSR count). The summed E-state index contributed by atoms with van der Waals surface area (Å²) < 4.78 is 5.41. The van der Waals surface area contributed by atoms with Gasteiger partial charge >= 0.3 is 0 Å². The molecular formula is C19H29IN4OS. The van der Waals surface area contributed by atoms with Crippen LogP contribution >= 0.6 is 35.3 Å². The molecule has 2 N–H and O–H groups in total. The minimum Gasteiger partial charge on any atom is -0.377 e. The van der Waals surface area contributed by atoms with Crippen molar-refractivity contribution in [3.63, 3.8) is 0 Å². The Morgan fingerprint density at radius 1 is 1.23 bits per heavy atom. The standard InChI is InChI=1S/C19H28N4OS.HI/c1-5-20-18(22-14-19(2,3)24-4)21-12-11-16-13-25-17(23-16)15-9-7-6-8-10-15;/h6-10,13H,5,11-12,14H2,1-4H3,(H2,20,21,22);1H. The molecule has 26 heavy (non-hydrogen) atoms. The number of nitrogens with one attached hydrogen (secondary N) is 2. The van der Waals surface area contributed by atoms with Crippen LogP contribution in [0.1, 0.15) is 26.5 Å². The normalized spacial score (nSPS) is 11.8. The summed E-state index contributed by atoms with van der Waals surface area (Å²) in [6, 6.07) is 10.3. The Kier molecular flexibility index (Phi) is 10.1. The van der Waals surface area contributed by atoms with E-state index >= 15 is 0 Å². The van der Waals surface area contributed by atoms with Gasteiger partial charge in [-0.05, 0) is 20.8 Å². The van der Waals surface area contributed by atoms with Crippen LogP contribution in [-0.4, -0.2) is 43.3 Å². The average Bonchev–Trinajstić information content (AvgIpc) is 3.09. The van der Waals surface area contributed by atoms with E-state index in [1.165, 1.54) is 5.56 Å². The third kappa shape index (κ3) is 7.59. The molecule has 0 atom stereocenters. The second-order valence-electron chi connectivity index (χ2n) is 6.35. The summed E-state index contributed by atoms with van der Waals surface area (Å²) >= 11 is 1.69. The molecule has 0 saturated heterocycles. The number of aliphatic imine (C=N–C) groups is 1. The zero-order valence-electron chi connectivity index (χ0n) is 15.9. The lowest BCUT2D eigenvalue weighted by molar-refractivity contribution is 0.0310. The molecule has 1 aromatic carbocycles. The molecule has 7 heteroatoms. The number of hydrogen-bond donors (Lipinski definition) is 2. The first-order valence-corrected chi connectivity index (χ1v) is 9.49. The van der Waals surface area contributed by atoms with E-state index in [4.69, 9.17) is 9.72 Å². The number of benzene rings is 1. The Labute approximate surface area is 177 Å². The Balaban J connectivity index is 0.00000338. The second kappa shape index (κ2) is 11.5. The minimum atomic E-state index is -0.262. The van der Waals surface area contributed by atoms with Crippen LogP contribution in [0.4, 0.5) is 0 Å². The zero-order chi connectivity index (χ0) is 18.1. The molecule has 0 fully saturated rings. The van der Waals surface area contributed by atoms with Gasteiger partial charge in [0.1, 0.15) is 5.01 Å². The van der Waals surface area contributed by atoms with Crippen molar-refractivity contribution in [3.05, 3.63) is 41.4 Å². The number of guanidine groups is 1. The molecule has 0 aliphatic heterocycles. The van der Waals surface area contributed by atoms with Gasteiger partial charge in [-0.15, -0.1) is 35.3 Å². The van der Waals surface area contributed by atoms with Crippen molar-refractivity contribution in [2.45, 2.75) is 32.8 Å². The van der Waals surface area contributed by atoms with Crippen LogP contribution in [0, 0.1) is 0 Å². The molecule has 144 valence electrons. The molecule has 0 unspecified atom stereocenters. The predicted molar refractivity (Wildman–Crippen MR) is 122 cm³/mol. The average molecular weight is 488 g/mol. The highest BCUT2D eigenvalue weighted by Crippen LogP contribution is 2.23. The Morgan fingerprint density at radius 3 is 2.62 bits per heavy atom. The van der Waals surface area contributed by atoms with Crippen LogP contribution in [0.3, 0.4) is 0 Å². The Bertz CT molecular complexity index is 673. The molecule has 1 aromatic heterocycles. The van der Waals surface area contributed by atoms with Gasteiger partial charge in [0.05, 0.1) is 17.8 Å². The fourth-order valence-electron chi connectivity index (χ4n) is 2.12. The van der Waals surface area contributed by atoms with Crippen molar-refractivity contribution in [2.75, 3.05) is 26.7 Å². The number of rotatable bonds is 8. The smallest absolute Gasteiger partial charge is 0.191 e. The van der Waals surface area contributed by atoms with E-state index in [2.05, 4.69) is 40.1 Å². The molecule has 0 aliphatic rings. The summed E-state index contributed by atoms with van der Waals surface area (Å²) in [5, 5.41) is 9.82. The van der Waals surface area contributed by atoms with Crippen molar-refractivity contribution in [2.24, 2.45) is 4.99 Å². The molecule has 0 aliphatic carbocycles. The van der Waals surface area contributed by atoms with Gasteiger partial charge in [0.25, 0.3) is 0 Å². The van der Waals surface area contributed by atoms with Crippen LogP contribution in [0.15, 0.2) is 40.7 Å². The molecule has 0 radical (unpaired) electrons. The van der Waals surface area contributed by atoms with Crippen LogP contribution in [-0.2, 0) is 11.2 Å². The van der Waals surface area contributed by atoms with Crippen molar-refractivity contribution >= 4 is 41.3 Å². The molecule has 5 nitrogen and oxygen atoms in total. The van der Waals surface area contributed by atoms with Gasteiger partial charge in [-0.1, -0.05) is 30.3 Å². The monoisotopic (exact) mass is 488 g/mol. The van der Waals surface area contributed by atoms with Crippen LogP contribution < -0.4 is 10.6 Å². The van der Waals surface area contributed by atoms with Crippen LogP contribution in [0.25, 0.3) is 10.6 Å². The molecule has 0 amide bonds. The van der Waals surface area contributed by atoms with E-state index in [0.717, 1.165) is 36.2 Å². The quantitative estimate of drug-likeness (QED) is 0.336. The highest BCUT2D eigenvalue weighted by atomic mass is 127. The first-order chi connectivity index (χ1) is 12.0. The van der Waals surface area contributed by atoms with Gasteiger partial charge < -0.3 is 15.4 Å². The molecule has 0 saturated carbocycles. The van der Waals surface area contributed by atoms with Gasteiger partial charge in [0, 0.05) is 37.6 Å². The topological polar surface area (TPSA) is 58.5 Å². The number of nitrogens with zero attached hydrogens (tertiary/aromatic N) is 2. The lowest BCUT2D eigenvalue weighted by atomic mass is 10.1. The van der Waals surface area contributed by atoms with Gasteiger partial charge in [-0.25, -0.2) is 4.98 Å². The summed E-state index contributed by atoms with van der Waals surface area (Å²) in [4.78, 5) is 9.31. The van der Waals surface area contributed by atoms with Crippen molar-refractivity contribution in [1.82, 2.24) is 15.6 Å². The zero-order valence-corrected chi connectivity index (χ0v) is 19.1. The fraction of sp³-hybridized carbons (Fsp3) is 0.474. The molecule has 0 spiro atoms. The predicted octanol–water partition coefficient (Wildman–Crippen LogP) is 3.95. The van der Waals surface area contributed by atoms with E-state index < -0.39 is 0 Å². The summed E-state index contributed by atoms with van der Waals surface area (Å²) in [7, 11) is 1.71. The number of aromatic nitrogens is 1. The van der Waals surface area contributed by atoms with E-state index in [1.54, 1.807) is 18.4 Å². The van der Waals surface area contributed by atoms with E-state index in [-0.39, 0.29) is 29.6 Å². The van der Waals surface area contributed by atoms with Crippen molar-refractivity contribution in [1.29, 1.82) is 0 Å². The van der Waals surface area contributed by atoms with E-state index in [0.29, 0.717) is 6.54 Å². The third-order valence-corrected chi connectivity index (χ3v) is 4.70. The summed E-state index contributed by atoms with van der Waals surface area (Å²) in [5.74, 6) is 0.811. The van der Waals surface area contributed by atoms with Crippen molar-refractivity contribution in [3.8, 4) is 10.6 Å². The largest absolute Gasteiger partial charge is 0.377 e. The molecular weight excluding hydrogens is 459 g/mol. The SMILES string of the molecule is CCNC(=NCC(C)(C)OC)NCCc1csc(-c2ccccc2)n1.I. The summed E-state index contributed by atoms with van der Waals surface area (Å²) in [6.45, 7) is 8.34. The first-order valence-electron chi connectivity index (χ1n) is 8.61. The van der Waals surface area contributed by atoms with Crippen LogP contribution in [0.2, 0.25) is 0 Å². The first kappa shape index (κ1) is 22.9. The van der Waals surface area contributed by atoms with Crippen molar-refractivity contribution < 1.29 is 4.74 Å².